The molecule has 0 bridgehead atoms. The van der Waals surface area contributed by atoms with Crippen LogP contribution in [0.4, 0.5) is 10.1 Å². The van der Waals surface area contributed by atoms with Crippen LogP contribution in [0.5, 0.6) is 0 Å². The number of thioether (sulfide) groups is 1. The van der Waals surface area contributed by atoms with E-state index < -0.39 is 17.1 Å². The highest BCUT2D eigenvalue weighted by Gasteiger charge is 2.70. The summed E-state index contributed by atoms with van der Waals surface area (Å²) < 4.78 is 20.2. The van der Waals surface area contributed by atoms with Gasteiger partial charge in [0.15, 0.2) is 0 Å². The maximum absolute atomic E-state index is 14.0. The standard InChI is InChI=1S/C34H41FN2O4S/c1-32-18-21(20-36)28(37-24-8-6-23(35)7-9-24)17-22(32)5-12-26-27-13-14-34(41-25-10-11-25,31(40)42-16-4-3-15-38)33(27,2)19-29(39)30(26)32/h6-9,17,20,25-27,29-30,38-39H,5,10-16,18-19,36H2,1-2H3/t26-,27-,29-,30+,32-,33-,34-/m0/s1. The molecule has 0 aliphatic heterocycles. The zero-order valence-corrected chi connectivity index (χ0v) is 25.3. The number of aliphatic imine (C=N–C) groups is 1. The molecule has 224 valence electrons. The van der Waals surface area contributed by atoms with Gasteiger partial charge in [-0.3, -0.25) is 4.79 Å². The Bertz CT molecular complexity index is 1390. The van der Waals surface area contributed by atoms with Crippen LogP contribution in [0.15, 0.2) is 52.7 Å². The molecule has 8 heteroatoms. The summed E-state index contributed by atoms with van der Waals surface area (Å²) in [6.45, 7) is 4.24. The molecule has 1 aromatic carbocycles. The van der Waals surface area contributed by atoms with Crippen molar-refractivity contribution in [3.05, 3.63) is 53.5 Å². The number of fused-ring (bicyclic) bond motifs is 5. The fourth-order valence-electron chi connectivity index (χ4n) is 8.95. The maximum Gasteiger partial charge on any atom is 0.222 e. The van der Waals surface area contributed by atoms with Gasteiger partial charge in [-0.05, 0) is 117 Å². The minimum atomic E-state index is -0.933. The number of carbonyl (C=O) groups is 1. The fraction of sp³-hybridized carbons (Fsp3) is 0.588. The van der Waals surface area contributed by atoms with Crippen LogP contribution >= 0.6 is 11.8 Å². The van der Waals surface area contributed by atoms with E-state index in [4.69, 9.17) is 20.6 Å². The second-order valence-corrected chi connectivity index (χ2v) is 14.2. The minimum absolute atomic E-state index is 0.0209. The number of carbonyl (C=O) groups excluding carboxylic acids is 1. The Morgan fingerprint density at radius 3 is 2.67 bits per heavy atom. The molecule has 0 spiro atoms. The number of allylic oxidation sites excluding steroid dienone is 3. The predicted molar refractivity (Wildman–Crippen MR) is 163 cm³/mol. The van der Waals surface area contributed by atoms with E-state index in [1.54, 1.807) is 18.3 Å². The Balaban J connectivity index is 1.32. The summed E-state index contributed by atoms with van der Waals surface area (Å²) in [5, 5.41) is 21.1. The number of halogens is 1. The van der Waals surface area contributed by atoms with E-state index in [0.717, 1.165) is 43.4 Å². The van der Waals surface area contributed by atoms with Gasteiger partial charge in [-0.1, -0.05) is 43.0 Å². The Morgan fingerprint density at radius 1 is 1.21 bits per heavy atom. The average Bonchev–Trinajstić information content (AvgIpc) is 3.73. The van der Waals surface area contributed by atoms with E-state index in [2.05, 4.69) is 31.8 Å². The number of hydrogen-bond donors (Lipinski definition) is 3. The molecule has 4 N–H and O–H groups in total. The molecule has 1 aromatic rings. The van der Waals surface area contributed by atoms with E-state index in [1.807, 2.05) is 0 Å². The lowest BCUT2D eigenvalue weighted by Crippen LogP contribution is -2.62. The number of nitrogens with zero attached hydrogens (tertiary/aromatic N) is 1. The molecule has 5 aliphatic rings. The lowest BCUT2D eigenvalue weighted by Gasteiger charge is -2.61. The molecule has 0 saturated heterocycles. The Labute approximate surface area is 252 Å². The first kappa shape index (κ1) is 29.6. The van der Waals surface area contributed by atoms with Gasteiger partial charge in [0.25, 0.3) is 0 Å². The van der Waals surface area contributed by atoms with Crippen molar-refractivity contribution in [3.8, 4) is 11.8 Å². The quantitative estimate of drug-likeness (QED) is 0.393. The lowest BCUT2D eigenvalue weighted by atomic mass is 9.45. The van der Waals surface area contributed by atoms with Crippen LogP contribution in [0, 0.1) is 46.2 Å². The zero-order valence-electron chi connectivity index (χ0n) is 24.4. The summed E-state index contributed by atoms with van der Waals surface area (Å²) in [7, 11) is 0. The van der Waals surface area contributed by atoms with Crippen molar-refractivity contribution in [2.75, 3.05) is 12.4 Å². The van der Waals surface area contributed by atoms with Crippen LogP contribution in [-0.2, 0) is 9.53 Å². The molecule has 0 radical (unpaired) electrons. The summed E-state index contributed by atoms with van der Waals surface area (Å²) in [6, 6.07) is 6.15. The number of benzene rings is 1. The summed E-state index contributed by atoms with van der Waals surface area (Å²) in [6.07, 6.45) is 9.84. The van der Waals surface area contributed by atoms with Crippen molar-refractivity contribution < 1.29 is 24.1 Å². The first-order valence-electron chi connectivity index (χ1n) is 15.2. The molecule has 42 heavy (non-hydrogen) atoms. The summed E-state index contributed by atoms with van der Waals surface area (Å²) in [5.41, 5.74) is 8.17. The van der Waals surface area contributed by atoms with Gasteiger partial charge >= 0.3 is 0 Å². The van der Waals surface area contributed by atoms with Gasteiger partial charge < -0.3 is 20.7 Å². The first-order valence-corrected chi connectivity index (χ1v) is 16.2. The normalized spacial score (nSPS) is 39.1. The Hall–Kier alpha value is -2.44. The first-order chi connectivity index (χ1) is 20.1. The minimum Gasteiger partial charge on any atom is -0.404 e. The molecule has 0 heterocycles. The predicted octanol–water partition coefficient (Wildman–Crippen LogP) is 5.46. The van der Waals surface area contributed by atoms with Gasteiger partial charge in [-0.15, -0.1) is 0 Å². The molecule has 0 aromatic heterocycles. The molecule has 4 saturated carbocycles. The molecule has 7 atom stereocenters. The maximum atomic E-state index is 14.0. The summed E-state index contributed by atoms with van der Waals surface area (Å²) in [4.78, 5) is 18.8. The van der Waals surface area contributed by atoms with E-state index in [1.165, 1.54) is 29.5 Å². The van der Waals surface area contributed by atoms with E-state index >= 15 is 0 Å². The van der Waals surface area contributed by atoms with Crippen LogP contribution in [0.25, 0.3) is 0 Å². The molecule has 4 fully saturated rings. The monoisotopic (exact) mass is 592 g/mol. The van der Waals surface area contributed by atoms with Crippen LogP contribution in [0.1, 0.15) is 65.2 Å². The van der Waals surface area contributed by atoms with Crippen molar-refractivity contribution in [2.24, 2.45) is 39.3 Å². The van der Waals surface area contributed by atoms with E-state index in [-0.39, 0.29) is 46.8 Å². The average molecular weight is 593 g/mol. The van der Waals surface area contributed by atoms with Gasteiger partial charge in [0.05, 0.1) is 29.4 Å². The van der Waals surface area contributed by atoms with Crippen molar-refractivity contribution >= 4 is 28.3 Å². The number of hydrogen-bond acceptors (Lipinski definition) is 7. The van der Waals surface area contributed by atoms with Crippen molar-refractivity contribution in [3.63, 3.8) is 0 Å². The number of aliphatic hydroxyl groups excluding tert-OH is 2. The van der Waals surface area contributed by atoms with Gasteiger partial charge in [0, 0.05) is 5.41 Å². The van der Waals surface area contributed by atoms with Crippen LogP contribution in [-0.4, -0.2) is 51.2 Å². The number of aliphatic hydroxyl groups is 2. The molecule has 0 amide bonds. The summed E-state index contributed by atoms with van der Waals surface area (Å²) in [5.74, 6) is 6.09. The lowest BCUT2D eigenvalue weighted by molar-refractivity contribution is -0.191. The van der Waals surface area contributed by atoms with Crippen LogP contribution in [0.2, 0.25) is 0 Å². The SMILES string of the molecule is C[C@]12CC(=CN)C(=Nc3ccc(F)cc3)C=C1CC[C@@H]1[C@@H]2[C@@H](O)C[C@@]2(C)[C@H]1CC[C@]2(OC1CC1)C(=O)SCC#CCO. The molecular weight excluding hydrogens is 551 g/mol. The second-order valence-electron chi connectivity index (χ2n) is 13.2. The Morgan fingerprint density at radius 2 is 1.98 bits per heavy atom. The van der Waals surface area contributed by atoms with Crippen molar-refractivity contribution in [1.82, 2.24) is 0 Å². The fourth-order valence-corrected chi connectivity index (χ4v) is 9.87. The topological polar surface area (TPSA) is 105 Å². The van der Waals surface area contributed by atoms with Crippen molar-refractivity contribution in [1.29, 1.82) is 0 Å². The van der Waals surface area contributed by atoms with Gasteiger partial charge in [0.1, 0.15) is 18.0 Å². The smallest absolute Gasteiger partial charge is 0.222 e. The highest BCUT2D eigenvalue weighted by atomic mass is 32.2. The van der Waals surface area contributed by atoms with E-state index in [9.17, 15) is 14.3 Å². The molecule has 5 aliphatic carbocycles. The summed E-state index contributed by atoms with van der Waals surface area (Å²) >= 11 is 1.19. The molecule has 6 nitrogen and oxygen atoms in total. The third kappa shape index (κ3) is 4.87. The van der Waals surface area contributed by atoms with Crippen LogP contribution < -0.4 is 5.73 Å². The molecule has 0 unspecified atom stereocenters. The highest BCUT2D eigenvalue weighted by molar-refractivity contribution is 8.14. The second kappa shape index (κ2) is 11.2. The molecular formula is C34H41FN2O4S. The van der Waals surface area contributed by atoms with Gasteiger partial charge in [-0.25, -0.2) is 9.38 Å². The van der Waals surface area contributed by atoms with Crippen LogP contribution in [0.3, 0.4) is 0 Å². The third-order valence-electron chi connectivity index (χ3n) is 11.0. The Kier molecular flexibility index (Phi) is 7.93. The van der Waals surface area contributed by atoms with Gasteiger partial charge in [-0.2, -0.15) is 0 Å². The van der Waals surface area contributed by atoms with Gasteiger partial charge in [0.2, 0.25) is 5.12 Å². The third-order valence-corrected chi connectivity index (χ3v) is 11.8. The van der Waals surface area contributed by atoms with Crippen molar-refractivity contribution in [2.45, 2.75) is 83.0 Å². The zero-order chi connectivity index (χ0) is 29.7. The number of rotatable bonds is 5. The molecule has 6 rings (SSSR count). The number of nitrogens with two attached hydrogens (primary N) is 1. The largest absolute Gasteiger partial charge is 0.404 e. The highest BCUT2D eigenvalue weighted by Crippen LogP contribution is 2.69. The van der Waals surface area contributed by atoms with E-state index in [0.29, 0.717) is 30.7 Å². The number of ether oxygens (including phenoxy) is 1.